The third-order valence-electron chi connectivity index (χ3n) is 3.01. The van der Waals surface area contributed by atoms with Gasteiger partial charge in [-0.3, -0.25) is 9.78 Å². The van der Waals surface area contributed by atoms with Crippen molar-refractivity contribution in [3.05, 3.63) is 40.5 Å². The lowest BCUT2D eigenvalue weighted by Crippen LogP contribution is -2.07. The van der Waals surface area contributed by atoms with Gasteiger partial charge in [-0.15, -0.1) is 11.3 Å². The van der Waals surface area contributed by atoms with E-state index in [9.17, 15) is 10.1 Å². The highest BCUT2D eigenvalue weighted by molar-refractivity contribution is 7.19. The molecule has 108 valence electrons. The van der Waals surface area contributed by atoms with Crippen molar-refractivity contribution in [2.24, 2.45) is 5.92 Å². The standard InChI is InChI=1S/C15H16N4OS/c1-9(2)13(20)14-12(17)11(7-16)15(21-14)19-8-10-3-5-18-6-4-10/h3-6,9,19H,8,17H2,1-2H3. The van der Waals surface area contributed by atoms with Gasteiger partial charge in [-0.25, -0.2) is 0 Å². The smallest absolute Gasteiger partial charge is 0.177 e. The average Bonchev–Trinajstić information content (AvgIpc) is 2.81. The summed E-state index contributed by atoms with van der Waals surface area (Å²) in [7, 11) is 0. The summed E-state index contributed by atoms with van der Waals surface area (Å²) in [6.07, 6.45) is 3.41. The number of carbonyl (C=O) groups is 1. The van der Waals surface area contributed by atoms with Gasteiger partial charge < -0.3 is 11.1 Å². The quantitative estimate of drug-likeness (QED) is 0.828. The number of nitrogens with one attached hydrogen (secondary N) is 1. The van der Waals surface area contributed by atoms with E-state index in [1.807, 2.05) is 26.0 Å². The fourth-order valence-corrected chi connectivity index (χ4v) is 2.96. The predicted molar refractivity (Wildman–Crippen MR) is 84.2 cm³/mol. The molecule has 21 heavy (non-hydrogen) atoms. The minimum absolute atomic E-state index is 0.0361. The number of ketones is 1. The molecule has 0 aliphatic carbocycles. The van der Waals surface area contributed by atoms with Gasteiger partial charge in [0.05, 0.1) is 10.6 Å². The third-order valence-corrected chi connectivity index (χ3v) is 4.19. The van der Waals surface area contributed by atoms with Gasteiger partial charge in [0.1, 0.15) is 16.6 Å². The molecular formula is C15H16N4OS. The molecule has 0 bridgehead atoms. The van der Waals surface area contributed by atoms with E-state index in [1.165, 1.54) is 11.3 Å². The zero-order valence-electron chi connectivity index (χ0n) is 11.9. The Bertz CT molecular complexity index is 686. The largest absolute Gasteiger partial charge is 0.396 e. The highest BCUT2D eigenvalue weighted by Gasteiger charge is 2.22. The number of thiophene rings is 1. The zero-order valence-corrected chi connectivity index (χ0v) is 12.7. The number of nitriles is 1. The van der Waals surface area contributed by atoms with Gasteiger partial charge in [0.25, 0.3) is 0 Å². The van der Waals surface area contributed by atoms with E-state index in [2.05, 4.69) is 16.4 Å². The maximum absolute atomic E-state index is 12.1. The summed E-state index contributed by atoms with van der Waals surface area (Å²) in [4.78, 5) is 16.5. The van der Waals surface area contributed by atoms with E-state index in [1.54, 1.807) is 12.4 Å². The van der Waals surface area contributed by atoms with Crippen LogP contribution in [-0.2, 0) is 6.54 Å². The molecule has 0 atom stereocenters. The fourth-order valence-electron chi connectivity index (χ4n) is 1.81. The Morgan fingerprint density at radius 2 is 2.14 bits per heavy atom. The molecule has 2 aromatic rings. The zero-order chi connectivity index (χ0) is 15.4. The third kappa shape index (κ3) is 3.20. The number of hydrogen-bond donors (Lipinski definition) is 2. The Morgan fingerprint density at radius 3 is 2.71 bits per heavy atom. The number of nitrogens with two attached hydrogens (primary N) is 1. The molecule has 0 radical (unpaired) electrons. The van der Waals surface area contributed by atoms with Gasteiger partial charge in [-0.05, 0) is 17.7 Å². The number of carbonyl (C=O) groups excluding carboxylic acids is 1. The van der Waals surface area contributed by atoms with Crippen molar-refractivity contribution in [3.8, 4) is 6.07 Å². The molecular weight excluding hydrogens is 284 g/mol. The average molecular weight is 300 g/mol. The molecule has 3 N–H and O–H groups in total. The molecule has 2 rings (SSSR count). The molecule has 0 amide bonds. The van der Waals surface area contributed by atoms with Crippen molar-refractivity contribution in [2.45, 2.75) is 20.4 Å². The molecule has 0 spiro atoms. The number of nitrogens with zero attached hydrogens (tertiary/aromatic N) is 2. The maximum atomic E-state index is 12.1. The van der Waals surface area contributed by atoms with E-state index < -0.39 is 0 Å². The normalized spacial score (nSPS) is 10.4. The topological polar surface area (TPSA) is 91.8 Å². The first-order chi connectivity index (χ1) is 10.0. The van der Waals surface area contributed by atoms with Crippen LogP contribution in [0.3, 0.4) is 0 Å². The first-order valence-electron chi connectivity index (χ1n) is 6.54. The van der Waals surface area contributed by atoms with Gasteiger partial charge in [0.15, 0.2) is 5.78 Å². The number of Topliss-reactive ketones (excluding diaryl/α,β-unsaturated/α-hetero) is 1. The number of nitrogen functional groups attached to an aromatic ring is 1. The minimum atomic E-state index is -0.148. The second-order valence-corrected chi connectivity index (χ2v) is 5.91. The van der Waals surface area contributed by atoms with E-state index in [0.717, 1.165) is 5.56 Å². The Morgan fingerprint density at radius 1 is 1.48 bits per heavy atom. The van der Waals surface area contributed by atoms with E-state index in [0.29, 0.717) is 22.0 Å². The molecule has 2 heterocycles. The Kier molecular flexibility index (Phi) is 4.55. The van der Waals surface area contributed by atoms with Crippen LogP contribution < -0.4 is 11.1 Å². The first kappa shape index (κ1) is 15.0. The molecule has 0 aliphatic rings. The van der Waals surface area contributed by atoms with Crippen LogP contribution in [0.15, 0.2) is 24.5 Å². The molecule has 0 saturated heterocycles. The Balaban J connectivity index is 2.26. The lowest BCUT2D eigenvalue weighted by molar-refractivity contribution is 0.0944. The monoisotopic (exact) mass is 300 g/mol. The minimum Gasteiger partial charge on any atom is -0.396 e. The number of pyridine rings is 1. The second-order valence-electron chi connectivity index (χ2n) is 4.89. The Hall–Kier alpha value is -2.39. The van der Waals surface area contributed by atoms with Gasteiger partial charge in [0.2, 0.25) is 0 Å². The van der Waals surface area contributed by atoms with Gasteiger partial charge >= 0.3 is 0 Å². The first-order valence-corrected chi connectivity index (χ1v) is 7.35. The van der Waals surface area contributed by atoms with E-state index in [4.69, 9.17) is 5.73 Å². The highest BCUT2D eigenvalue weighted by atomic mass is 32.1. The van der Waals surface area contributed by atoms with Gasteiger partial charge in [-0.2, -0.15) is 5.26 Å². The van der Waals surface area contributed by atoms with Crippen LogP contribution in [-0.4, -0.2) is 10.8 Å². The molecule has 0 unspecified atom stereocenters. The summed E-state index contributed by atoms with van der Waals surface area (Å²) in [5.41, 5.74) is 7.60. The van der Waals surface area contributed by atoms with E-state index in [-0.39, 0.29) is 17.4 Å². The van der Waals surface area contributed by atoms with Crippen molar-refractivity contribution in [1.82, 2.24) is 4.98 Å². The lowest BCUT2D eigenvalue weighted by atomic mass is 10.1. The van der Waals surface area contributed by atoms with Crippen LogP contribution in [0.1, 0.15) is 34.6 Å². The summed E-state index contributed by atoms with van der Waals surface area (Å²) >= 11 is 1.24. The van der Waals surface area contributed by atoms with Crippen LogP contribution in [0.2, 0.25) is 0 Å². The number of rotatable bonds is 5. The van der Waals surface area contributed by atoms with Crippen LogP contribution in [0, 0.1) is 17.2 Å². The van der Waals surface area contributed by atoms with Crippen molar-refractivity contribution in [3.63, 3.8) is 0 Å². The summed E-state index contributed by atoms with van der Waals surface area (Å²) in [6, 6.07) is 5.84. The Labute approximate surface area is 127 Å². The van der Waals surface area contributed by atoms with Gasteiger partial charge in [0, 0.05) is 24.9 Å². The van der Waals surface area contributed by atoms with Crippen LogP contribution >= 0.6 is 11.3 Å². The number of aromatic nitrogens is 1. The maximum Gasteiger partial charge on any atom is 0.177 e. The molecule has 0 fully saturated rings. The fraction of sp³-hybridized carbons (Fsp3) is 0.267. The van der Waals surface area contributed by atoms with Crippen molar-refractivity contribution in [1.29, 1.82) is 5.26 Å². The molecule has 0 aliphatic heterocycles. The number of anilines is 2. The number of hydrogen-bond acceptors (Lipinski definition) is 6. The second kappa shape index (κ2) is 6.37. The SMILES string of the molecule is CC(C)C(=O)c1sc(NCc2ccncc2)c(C#N)c1N. The summed E-state index contributed by atoms with van der Waals surface area (Å²) < 4.78 is 0. The van der Waals surface area contributed by atoms with Crippen molar-refractivity contribution >= 4 is 27.8 Å². The summed E-state index contributed by atoms with van der Waals surface area (Å²) in [5, 5.41) is 13.1. The predicted octanol–water partition coefficient (Wildman–Crippen LogP) is 3.05. The molecule has 5 nitrogen and oxygen atoms in total. The van der Waals surface area contributed by atoms with Crippen LogP contribution in [0.25, 0.3) is 0 Å². The summed E-state index contributed by atoms with van der Waals surface area (Å²) in [5.74, 6) is -0.184. The van der Waals surface area contributed by atoms with Crippen molar-refractivity contribution < 1.29 is 4.79 Å². The van der Waals surface area contributed by atoms with E-state index >= 15 is 0 Å². The molecule has 6 heteroatoms. The van der Waals surface area contributed by atoms with Crippen molar-refractivity contribution in [2.75, 3.05) is 11.1 Å². The molecule has 2 aromatic heterocycles. The highest BCUT2D eigenvalue weighted by Crippen LogP contribution is 2.36. The van der Waals surface area contributed by atoms with Crippen LogP contribution in [0.5, 0.6) is 0 Å². The van der Waals surface area contributed by atoms with Crippen LogP contribution in [0.4, 0.5) is 10.7 Å². The summed E-state index contributed by atoms with van der Waals surface area (Å²) in [6.45, 7) is 4.18. The lowest BCUT2D eigenvalue weighted by Gasteiger charge is -2.03. The van der Waals surface area contributed by atoms with Gasteiger partial charge in [-0.1, -0.05) is 13.8 Å². The molecule has 0 aromatic carbocycles. The molecule has 0 saturated carbocycles.